The van der Waals surface area contributed by atoms with Crippen molar-refractivity contribution in [1.82, 2.24) is 15.4 Å². The summed E-state index contributed by atoms with van der Waals surface area (Å²) in [5.74, 6) is 1.81. The van der Waals surface area contributed by atoms with Crippen molar-refractivity contribution in [2.75, 3.05) is 20.1 Å². The summed E-state index contributed by atoms with van der Waals surface area (Å²) in [7, 11) is 2.07. The summed E-state index contributed by atoms with van der Waals surface area (Å²) in [6, 6.07) is 8.46. The van der Waals surface area contributed by atoms with Gasteiger partial charge in [0, 0.05) is 32.2 Å². The molecule has 0 saturated heterocycles. The molecule has 0 unspecified atom stereocenters. The van der Waals surface area contributed by atoms with Crippen LogP contribution in [0.15, 0.2) is 33.8 Å². The molecule has 0 saturated carbocycles. The van der Waals surface area contributed by atoms with Gasteiger partial charge in [0.2, 0.25) is 0 Å². The summed E-state index contributed by atoms with van der Waals surface area (Å²) in [5, 5.41) is 7.37. The summed E-state index contributed by atoms with van der Waals surface area (Å²) >= 11 is 0. The number of nitrogens with one attached hydrogen (secondary N) is 1. The summed E-state index contributed by atoms with van der Waals surface area (Å²) in [4.78, 5) is 6.92. The van der Waals surface area contributed by atoms with E-state index in [0.29, 0.717) is 6.54 Å². The van der Waals surface area contributed by atoms with Gasteiger partial charge in [0.25, 0.3) is 0 Å². The second kappa shape index (κ2) is 10.4. The molecular formula is C19H29IN4O. The predicted molar refractivity (Wildman–Crippen MR) is 114 cm³/mol. The average molecular weight is 456 g/mol. The molecule has 6 heteroatoms. The van der Waals surface area contributed by atoms with Crippen LogP contribution in [0.3, 0.4) is 0 Å². The number of hydrogen-bond donors (Lipinski definition) is 1. The molecule has 1 heterocycles. The van der Waals surface area contributed by atoms with Gasteiger partial charge in [-0.15, -0.1) is 24.0 Å². The van der Waals surface area contributed by atoms with Gasteiger partial charge < -0.3 is 14.7 Å². The Morgan fingerprint density at radius 2 is 1.96 bits per heavy atom. The number of halogens is 1. The zero-order chi connectivity index (χ0) is 17.5. The van der Waals surface area contributed by atoms with E-state index in [1.807, 2.05) is 13.8 Å². The Hall–Kier alpha value is -1.57. The van der Waals surface area contributed by atoms with Crippen molar-refractivity contribution in [3.05, 3.63) is 52.4 Å². The van der Waals surface area contributed by atoms with Gasteiger partial charge in [0.1, 0.15) is 5.76 Å². The Morgan fingerprint density at radius 1 is 1.24 bits per heavy atom. The number of guanidine groups is 1. The minimum absolute atomic E-state index is 0. The van der Waals surface area contributed by atoms with Gasteiger partial charge in [-0.1, -0.05) is 29.4 Å². The number of benzene rings is 1. The first-order valence-electron chi connectivity index (χ1n) is 8.48. The SMILES string of the molecule is CCNC(=NCCc1c(C)noc1C)N(C)Cc1ccccc1C.I. The highest BCUT2D eigenvalue weighted by molar-refractivity contribution is 14.0. The number of rotatable bonds is 6. The first kappa shape index (κ1) is 21.5. The number of aliphatic imine (C=N–C) groups is 1. The fourth-order valence-corrected chi connectivity index (χ4v) is 2.72. The molecule has 0 aliphatic carbocycles. The van der Waals surface area contributed by atoms with Crippen molar-refractivity contribution in [2.24, 2.45) is 4.99 Å². The Labute approximate surface area is 167 Å². The molecule has 1 aromatic carbocycles. The van der Waals surface area contributed by atoms with Crippen molar-refractivity contribution in [3.63, 3.8) is 0 Å². The van der Waals surface area contributed by atoms with E-state index in [4.69, 9.17) is 9.52 Å². The summed E-state index contributed by atoms with van der Waals surface area (Å²) < 4.78 is 5.22. The monoisotopic (exact) mass is 456 g/mol. The normalized spacial score (nSPS) is 11.2. The lowest BCUT2D eigenvalue weighted by atomic mass is 10.1. The standard InChI is InChI=1S/C19H28N4O.HI/c1-6-20-19(21-12-11-18-15(3)22-24-16(18)4)23(5)13-17-10-8-7-9-14(17)2;/h7-10H,6,11-13H2,1-5H3,(H,20,21);1H. The van der Waals surface area contributed by atoms with E-state index in [2.05, 4.69) is 60.5 Å². The molecule has 1 N–H and O–H groups in total. The van der Waals surface area contributed by atoms with Gasteiger partial charge in [0.05, 0.1) is 5.69 Å². The van der Waals surface area contributed by atoms with E-state index in [1.165, 1.54) is 11.1 Å². The van der Waals surface area contributed by atoms with Crippen LogP contribution < -0.4 is 5.32 Å². The summed E-state index contributed by atoms with van der Waals surface area (Å²) in [6.45, 7) is 10.6. The van der Waals surface area contributed by atoms with Crippen molar-refractivity contribution < 1.29 is 4.52 Å². The van der Waals surface area contributed by atoms with E-state index in [0.717, 1.165) is 42.5 Å². The van der Waals surface area contributed by atoms with Crippen LogP contribution in [0.4, 0.5) is 0 Å². The third kappa shape index (κ3) is 6.02. The average Bonchev–Trinajstić information content (AvgIpc) is 2.88. The van der Waals surface area contributed by atoms with Crippen LogP contribution in [0.25, 0.3) is 0 Å². The molecule has 1 aromatic heterocycles. The largest absolute Gasteiger partial charge is 0.361 e. The maximum Gasteiger partial charge on any atom is 0.193 e. The zero-order valence-electron chi connectivity index (χ0n) is 15.8. The van der Waals surface area contributed by atoms with Gasteiger partial charge in [0.15, 0.2) is 5.96 Å². The first-order valence-corrected chi connectivity index (χ1v) is 8.48. The Kier molecular flexibility index (Phi) is 8.96. The van der Waals surface area contributed by atoms with Crippen LogP contribution in [-0.2, 0) is 13.0 Å². The first-order chi connectivity index (χ1) is 11.5. The van der Waals surface area contributed by atoms with Crippen molar-refractivity contribution in [3.8, 4) is 0 Å². The lowest BCUT2D eigenvalue weighted by molar-refractivity contribution is 0.392. The fraction of sp³-hybridized carbons (Fsp3) is 0.474. The topological polar surface area (TPSA) is 53.7 Å². The van der Waals surface area contributed by atoms with Crippen LogP contribution in [0.5, 0.6) is 0 Å². The van der Waals surface area contributed by atoms with Gasteiger partial charge in [-0.2, -0.15) is 0 Å². The molecule has 0 bridgehead atoms. The Balaban J connectivity index is 0.00000312. The highest BCUT2D eigenvalue weighted by Crippen LogP contribution is 2.13. The van der Waals surface area contributed by atoms with Gasteiger partial charge >= 0.3 is 0 Å². The van der Waals surface area contributed by atoms with E-state index in [-0.39, 0.29) is 24.0 Å². The summed E-state index contributed by atoms with van der Waals surface area (Å²) in [5.41, 5.74) is 4.74. The number of hydrogen-bond acceptors (Lipinski definition) is 3. The second-order valence-corrected chi connectivity index (χ2v) is 6.07. The molecule has 0 aliphatic heterocycles. The third-order valence-corrected chi connectivity index (χ3v) is 4.17. The van der Waals surface area contributed by atoms with Crippen LogP contribution in [-0.4, -0.2) is 36.2 Å². The van der Waals surface area contributed by atoms with Crippen molar-refractivity contribution in [2.45, 2.75) is 40.7 Å². The van der Waals surface area contributed by atoms with E-state index < -0.39 is 0 Å². The molecule has 0 atom stereocenters. The van der Waals surface area contributed by atoms with Crippen LogP contribution in [0.1, 0.15) is 35.1 Å². The molecule has 2 rings (SSSR count). The number of aryl methyl sites for hydroxylation is 3. The summed E-state index contributed by atoms with van der Waals surface area (Å²) in [6.07, 6.45) is 0.842. The van der Waals surface area contributed by atoms with Gasteiger partial charge in [-0.25, -0.2) is 0 Å². The van der Waals surface area contributed by atoms with Crippen LogP contribution >= 0.6 is 24.0 Å². The highest BCUT2D eigenvalue weighted by Gasteiger charge is 2.10. The fourth-order valence-electron chi connectivity index (χ4n) is 2.72. The van der Waals surface area contributed by atoms with Gasteiger partial charge in [-0.3, -0.25) is 4.99 Å². The molecule has 138 valence electrons. The van der Waals surface area contributed by atoms with Crippen LogP contribution in [0.2, 0.25) is 0 Å². The minimum Gasteiger partial charge on any atom is -0.361 e. The number of nitrogens with zero attached hydrogens (tertiary/aromatic N) is 3. The van der Waals surface area contributed by atoms with Crippen LogP contribution in [0, 0.1) is 20.8 Å². The quantitative estimate of drug-likeness (QED) is 0.408. The van der Waals surface area contributed by atoms with E-state index in [1.54, 1.807) is 0 Å². The minimum atomic E-state index is 0. The lowest BCUT2D eigenvalue weighted by Crippen LogP contribution is -2.38. The third-order valence-electron chi connectivity index (χ3n) is 4.17. The molecule has 0 aliphatic rings. The Bertz CT molecular complexity index is 677. The molecule has 0 radical (unpaired) electrons. The molecule has 0 spiro atoms. The maximum absolute atomic E-state index is 5.22. The molecular weight excluding hydrogens is 427 g/mol. The second-order valence-electron chi connectivity index (χ2n) is 6.07. The van der Waals surface area contributed by atoms with E-state index >= 15 is 0 Å². The molecule has 5 nitrogen and oxygen atoms in total. The van der Waals surface area contributed by atoms with Crippen molar-refractivity contribution in [1.29, 1.82) is 0 Å². The molecule has 25 heavy (non-hydrogen) atoms. The van der Waals surface area contributed by atoms with Crippen molar-refractivity contribution >= 4 is 29.9 Å². The molecule has 0 fully saturated rings. The smallest absolute Gasteiger partial charge is 0.193 e. The Morgan fingerprint density at radius 3 is 2.56 bits per heavy atom. The maximum atomic E-state index is 5.22. The molecule has 0 amide bonds. The van der Waals surface area contributed by atoms with E-state index in [9.17, 15) is 0 Å². The number of aromatic nitrogens is 1. The highest BCUT2D eigenvalue weighted by atomic mass is 127. The van der Waals surface area contributed by atoms with Gasteiger partial charge in [-0.05, 0) is 45.2 Å². The predicted octanol–water partition coefficient (Wildman–Crippen LogP) is 3.86. The lowest BCUT2D eigenvalue weighted by Gasteiger charge is -2.23. The molecule has 2 aromatic rings. The zero-order valence-corrected chi connectivity index (χ0v) is 18.1.